The first-order chi connectivity index (χ1) is 9.25. The van der Waals surface area contributed by atoms with E-state index in [2.05, 4.69) is 10.3 Å². The Hall–Kier alpha value is -2.43. The van der Waals surface area contributed by atoms with Crippen LogP contribution in [0.1, 0.15) is 15.9 Å². The van der Waals surface area contributed by atoms with E-state index in [1.807, 2.05) is 6.07 Å². The number of carbonyl (C=O) groups is 1. The maximum absolute atomic E-state index is 13.1. The zero-order valence-electron chi connectivity index (χ0n) is 10.0. The number of nitrogens with zero attached hydrogens (tertiary/aromatic N) is 1. The Balaban J connectivity index is 2.05. The molecule has 5 heteroatoms. The summed E-state index contributed by atoms with van der Waals surface area (Å²) in [5.41, 5.74) is 1.40. The number of aromatic nitrogens is 1. The van der Waals surface area contributed by atoms with Crippen LogP contribution < -0.4 is 10.1 Å². The molecular formula is C14H11FN2O2. The van der Waals surface area contributed by atoms with Gasteiger partial charge in [0.25, 0.3) is 0 Å². The van der Waals surface area contributed by atoms with Crippen molar-refractivity contribution in [2.24, 2.45) is 0 Å². The number of rotatable bonds is 2. The molecule has 0 amide bonds. The lowest BCUT2D eigenvalue weighted by Gasteiger charge is -2.21. The summed E-state index contributed by atoms with van der Waals surface area (Å²) in [5.74, 6) is -0.315. The predicted molar refractivity (Wildman–Crippen MR) is 68.1 cm³/mol. The monoisotopic (exact) mass is 258 g/mol. The van der Waals surface area contributed by atoms with Crippen molar-refractivity contribution in [2.75, 3.05) is 18.5 Å². The van der Waals surface area contributed by atoms with Gasteiger partial charge in [0.15, 0.2) is 11.5 Å². The van der Waals surface area contributed by atoms with Gasteiger partial charge in [0.1, 0.15) is 12.4 Å². The minimum Gasteiger partial charge on any atom is -0.489 e. The number of nitrogens with one attached hydrogen (secondary N) is 1. The van der Waals surface area contributed by atoms with Crippen molar-refractivity contribution in [2.45, 2.75) is 0 Å². The first-order valence-electron chi connectivity index (χ1n) is 5.90. The Morgan fingerprint density at radius 1 is 1.37 bits per heavy atom. The quantitative estimate of drug-likeness (QED) is 0.839. The van der Waals surface area contributed by atoms with Gasteiger partial charge in [-0.25, -0.2) is 4.39 Å². The number of para-hydroxylation sites is 1. The van der Waals surface area contributed by atoms with Crippen molar-refractivity contribution in [1.29, 1.82) is 0 Å². The SMILES string of the molecule is O=C(c1cncc(F)c1)c1cccc2c1OCCN2. The minimum atomic E-state index is -0.533. The highest BCUT2D eigenvalue weighted by molar-refractivity contribution is 6.11. The van der Waals surface area contributed by atoms with Crippen LogP contribution in [-0.4, -0.2) is 23.9 Å². The van der Waals surface area contributed by atoms with E-state index >= 15 is 0 Å². The van der Waals surface area contributed by atoms with E-state index in [1.165, 1.54) is 12.3 Å². The molecule has 1 aliphatic heterocycles. The van der Waals surface area contributed by atoms with Gasteiger partial charge in [0, 0.05) is 18.3 Å². The van der Waals surface area contributed by atoms with Crippen LogP contribution in [0.4, 0.5) is 10.1 Å². The lowest BCUT2D eigenvalue weighted by Crippen LogP contribution is -2.20. The second-order valence-corrected chi connectivity index (χ2v) is 4.18. The number of anilines is 1. The fraction of sp³-hybridized carbons (Fsp3) is 0.143. The average Bonchev–Trinajstić information content (AvgIpc) is 2.46. The van der Waals surface area contributed by atoms with Gasteiger partial charge in [-0.3, -0.25) is 9.78 Å². The van der Waals surface area contributed by atoms with Crippen LogP contribution in [0.15, 0.2) is 36.7 Å². The average molecular weight is 258 g/mol. The third-order valence-electron chi connectivity index (χ3n) is 2.89. The van der Waals surface area contributed by atoms with Gasteiger partial charge in [-0.05, 0) is 18.2 Å². The molecule has 2 heterocycles. The van der Waals surface area contributed by atoms with Crippen LogP contribution in [0.25, 0.3) is 0 Å². The second-order valence-electron chi connectivity index (χ2n) is 4.18. The summed E-state index contributed by atoms with van der Waals surface area (Å²) in [6.07, 6.45) is 2.41. The van der Waals surface area contributed by atoms with Crippen molar-refractivity contribution in [3.63, 3.8) is 0 Å². The highest BCUT2D eigenvalue weighted by Gasteiger charge is 2.20. The molecule has 0 atom stereocenters. The molecule has 1 aromatic heterocycles. The Labute approximate surface area is 109 Å². The van der Waals surface area contributed by atoms with E-state index in [0.717, 1.165) is 11.9 Å². The number of halogens is 1. The fourth-order valence-corrected chi connectivity index (χ4v) is 2.04. The minimum absolute atomic E-state index is 0.211. The van der Waals surface area contributed by atoms with Crippen LogP contribution in [0.5, 0.6) is 5.75 Å². The summed E-state index contributed by atoms with van der Waals surface area (Å²) in [6.45, 7) is 1.20. The Morgan fingerprint density at radius 2 is 2.26 bits per heavy atom. The number of hydrogen-bond acceptors (Lipinski definition) is 4. The maximum atomic E-state index is 13.1. The largest absolute Gasteiger partial charge is 0.489 e. The standard InChI is InChI=1S/C14H11FN2O2/c15-10-6-9(7-16-8-10)13(18)11-2-1-3-12-14(11)19-5-4-17-12/h1-3,6-8,17H,4-5H2. The molecule has 19 heavy (non-hydrogen) atoms. The van der Waals surface area contributed by atoms with Crippen LogP contribution >= 0.6 is 0 Å². The molecule has 1 aliphatic rings. The van der Waals surface area contributed by atoms with E-state index in [0.29, 0.717) is 24.5 Å². The lowest BCUT2D eigenvalue weighted by molar-refractivity contribution is 0.103. The Kier molecular flexibility index (Phi) is 2.87. The number of ketones is 1. The van der Waals surface area contributed by atoms with Crippen molar-refractivity contribution in [1.82, 2.24) is 4.98 Å². The van der Waals surface area contributed by atoms with Crippen molar-refractivity contribution in [3.8, 4) is 5.75 Å². The maximum Gasteiger partial charge on any atom is 0.198 e. The van der Waals surface area contributed by atoms with Gasteiger partial charge < -0.3 is 10.1 Å². The molecule has 2 aromatic rings. The zero-order valence-corrected chi connectivity index (χ0v) is 10.0. The number of carbonyl (C=O) groups excluding carboxylic acids is 1. The van der Waals surface area contributed by atoms with Crippen molar-refractivity contribution >= 4 is 11.5 Å². The summed E-state index contributed by atoms with van der Waals surface area (Å²) in [5, 5.41) is 3.15. The van der Waals surface area contributed by atoms with Crippen LogP contribution in [0, 0.1) is 5.82 Å². The first-order valence-corrected chi connectivity index (χ1v) is 5.90. The highest BCUT2D eigenvalue weighted by Crippen LogP contribution is 2.32. The van der Waals surface area contributed by atoms with Gasteiger partial charge in [-0.2, -0.15) is 0 Å². The molecule has 0 fully saturated rings. The third kappa shape index (κ3) is 2.14. The van der Waals surface area contributed by atoms with E-state index in [4.69, 9.17) is 4.74 Å². The summed E-state index contributed by atoms with van der Waals surface area (Å²) in [7, 11) is 0. The van der Waals surface area contributed by atoms with Crippen molar-refractivity contribution < 1.29 is 13.9 Å². The molecule has 96 valence electrons. The first kappa shape index (κ1) is 11.6. The summed E-state index contributed by atoms with van der Waals surface area (Å²) in [6, 6.07) is 6.44. The number of hydrogen-bond donors (Lipinski definition) is 1. The van der Waals surface area contributed by atoms with E-state index in [-0.39, 0.29) is 11.3 Å². The fourth-order valence-electron chi connectivity index (χ4n) is 2.04. The zero-order chi connectivity index (χ0) is 13.2. The summed E-state index contributed by atoms with van der Waals surface area (Å²) >= 11 is 0. The molecule has 0 saturated heterocycles. The van der Waals surface area contributed by atoms with Gasteiger partial charge in [0.05, 0.1) is 17.4 Å². The number of pyridine rings is 1. The third-order valence-corrected chi connectivity index (χ3v) is 2.89. The molecule has 0 unspecified atom stereocenters. The molecule has 0 saturated carbocycles. The van der Waals surface area contributed by atoms with E-state index in [1.54, 1.807) is 12.1 Å². The highest BCUT2D eigenvalue weighted by atomic mass is 19.1. The normalized spacial score (nSPS) is 13.1. The van der Waals surface area contributed by atoms with E-state index in [9.17, 15) is 9.18 Å². The molecule has 1 N–H and O–H groups in total. The van der Waals surface area contributed by atoms with E-state index < -0.39 is 5.82 Å². The van der Waals surface area contributed by atoms with Gasteiger partial charge in [0.2, 0.25) is 0 Å². The molecular weight excluding hydrogens is 247 g/mol. The van der Waals surface area contributed by atoms with Crippen LogP contribution in [0.2, 0.25) is 0 Å². The number of benzene rings is 1. The molecule has 0 spiro atoms. The Bertz CT molecular complexity index is 643. The predicted octanol–water partition coefficient (Wildman–Crippen LogP) is 2.26. The number of ether oxygens (including phenoxy) is 1. The summed E-state index contributed by atoms with van der Waals surface area (Å²) in [4.78, 5) is 16.0. The topological polar surface area (TPSA) is 51.2 Å². The van der Waals surface area contributed by atoms with Gasteiger partial charge >= 0.3 is 0 Å². The molecule has 0 radical (unpaired) electrons. The van der Waals surface area contributed by atoms with Gasteiger partial charge in [-0.1, -0.05) is 6.07 Å². The van der Waals surface area contributed by atoms with Crippen LogP contribution in [-0.2, 0) is 0 Å². The van der Waals surface area contributed by atoms with Gasteiger partial charge in [-0.15, -0.1) is 0 Å². The Morgan fingerprint density at radius 3 is 3.11 bits per heavy atom. The molecule has 0 aliphatic carbocycles. The smallest absolute Gasteiger partial charge is 0.198 e. The molecule has 4 nitrogen and oxygen atoms in total. The van der Waals surface area contributed by atoms with Crippen LogP contribution in [0.3, 0.4) is 0 Å². The van der Waals surface area contributed by atoms with Crippen molar-refractivity contribution in [3.05, 3.63) is 53.6 Å². The molecule has 3 rings (SSSR count). The molecule has 1 aromatic carbocycles. The lowest BCUT2D eigenvalue weighted by atomic mass is 10.0. The molecule has 0 bridgehead atoms. The number of fused-ring (bicyclic) bond motifs is 1. The second kappa shape index (κ2) is 4.68. The summed E-state index contributed by atoms with van der Waals surface area (Å²) < 4.78 is 18.7.